The number of carbonyl (C=O) groups is 1. The van der Waals surface area contributed by atoms with Crippen molar-refractivity contribution in [2.24, 2.45) is 0 Å². The van der Waals surface area contributed by atoms with E-state index in [4.69, 9.17) is 9.47 Å². The lowest BCUT2D eigenvalue weighted by Crippen LogP contribution is -2.46. The highest BCUT2D eigenvalue weighted by Gasteiger charge is 2.26. The monoisotopic (exact) mass is 339 g/mol. The lowest BCUT2D eigenvalue weighted by atomic mass is 10.2. The molecular formula is C16H25N3O3S. The van der Waals surface area contributed by atoms with Gasteiger partial charge in [0, 0.05) is 31.7 Å². The molecule has 3 heterocycles. The first-order valence-electron chi connectivity index (χ1n) is 8.37. The van der Waals surface area contributed by atoms with Crippen LogP contribution in [0.2, 0.25) is 0 Å². The molecule has 0 bridgehead atoms. The first kappa shape index (κ1) is 16.7. The summed E-state index contributed by atoms with van der Waals surface area (Å²) in [5.41, 5.74) is 0.912. The van der Waals surface area contributed by atoms with E-state index in [0.29, 0.717) is 19.6 Å². The zero-order valence-electron chi connectivity index (χ0n) is 13.6. The van der Waals surface area contributed by atoms with Gasteiger partial charge in [-0.05, 0) is 32.6 Å². The Hall–Kier alpha value is -1.18. The van der Waals surface area contributed by atoms with Crippen molar-refractivity contribution >= 4 is 17.4 Å². The number of rotatable bonds is 6. The van der Waals surface area contributed by atoms with E-state index in [1.54, 1.807) is 11.3 Å². The third kappa shape index (κ3) is 4.89. The molecule has 0 radical (unpaired) electrons. The van der Waals surface area contributed by atoms with E-state index in [1.807, 2.05) is 17.2 Å². The molecule has 1 aromatic rings. The van der Waals surface area contributed by atoms with Gasteiger partial charge in [0.25, 0.3) is 0 Å². The molecule has 0 spiro atoms. The fraction of sp³-hybridized carbons (Fsp3) is 0.750. The van der Waals surface area contributed by atoms with E-state index < -0.39 is 0 Å². The van der Waals surface area contributed by atoms with E-state index in [2.05, 4.69) is 10.3 Å². The summed E-state index contributed by atoms with van der Waals surface area (Å²) in [6, 6.07) is -0.0540. The van der Waals surface area contributed by atoms with Crippen LogP contribution in [0.5, 0.6) is 0 Å². The molecule has 2 amide bonds. The van der Waals surface area contributed by atoms with Gasteiger partial charge in [0.2, 0.25) is 0 Å². The zero-order chi connectivity index (χ0) is 16.1. The summed E-state index contributed by atoms with van der Waals surface area (Å²) >= 11 is 1.60. The van der Waals surface area contributed by atoms with Crippen molar-refractivity contribution < 1.29 is 14.3 Å². The Morgan fingerprint density at radius 1 is 1.30 bits per heavy atom. The second kappa shape index (κ2) is 8.08. The van der Waals surface area contributed by atoms with Crippen LogP contribution in [0.4, 0.5) is 4.79 Å². The van der Waals surface area contributed by atoms with Crippen molar-refractivity contribution in [3.8, 4) is 0 Å². The molecule has 1 N–H and O–H groups in total. The normalized spacial score (nSPS) is 24.0. The molecule has 23 heavy (non-hydrogen) atoms. The van der Waals surface area contributed by atoms with Crippen LogP contribution in [0.3, 0.4) is 0 Å². The minimum atomic E-state index is -0.0540. The van der Waals surface area contributed by atoms with Crippen LogP contribution in [0.25, 0.3) is 0 Å². The predicted octanol–water partition coefficient (Wildman–Crippen LogP) is 2.32. The largest absolute Gasteiger partial charge is 0.376 e. The number of hydrogen-bond acceptors (Lipinski definition) is 5. The maximum absolute atomic E-state index is 12.6. The Labute approximate surface area is 141 Å². The highest BCUT2D eigenvalue weighted by molar-refractivity contribution is 7.09. The Balaban J connectivity index is 1.54. The number of urea groups is 1. The van der Waals surface area contributed by atoms with Gasteiger partial charge in [-0.15, -0.1) is 11.3 Å². The van der Waals surface area contributed by atoms with Crippen LogP contribution < -0.4 is 5.32 Å². The SMILES string of the molecule is Cc1nc(CNC(=O)N(C[C@H]2CCCO2)C[C@@H]2CCCO2)cs1. The number of thiazole rings is 1. The van der Waals surface area contributed by atoms with Crippen molar-refractivity contribution in [1.82, 2.24) is 15.2 Å². The number of aryl methyl sites for hydroxylation is 1. The second-order valence-electron chi connectivity index (χ2n) is 6.19. The number of carbonyl (C=O) groups excluding carboxylic acids is 1. The van der Waals surface area contributed by atoms with Gasteiger partial charge < -0.3 is 19.7 Å². The zero-order valence-corrected chi connectivity index (χ0v) is 14.4. The maximum atomic E-state index is 12.6. The molecule has 2 aliphatic rings. The third-order valence-corrected chi connectivity index (χ3v) is 5.09. The van der Waals surface area contributed by atoms with Crippen LogP contribution in [0.15, 0.2) is 5.38 Å². The summed E-state index contributed by atoms with van der Waals surface area (Å²) in [7, 11) is 0. The van der Waals surface area contributed by atoms with Gasteiger partial charge in [-0.3, -0.25) is 0 Å². The van der Waals surface area contributed by atoms with Gasteiger partial charge >= 0.3 is 6.03 Å². The molecule has 0 unspecified atom stereocenters. The van der Waals surface area contributed by atoms with Crippen LogP contribution in [0, 0.1) is 6.92 Å². The van der Waals surface area contributed by atoms with Crippen molar-refractivity contribution in [3.05, 3.63) is 16.1 Å². The van der Waals surface area contributed by atoms with Crippen LogP contribution in [0.1, 0.15) is 36.4 Å². The lowest BCUT2D eigenvalue weighted by Gasteiger charge is -2.27. The fourth-order valence-corrected chi connectivity index (χ4v) is 3.69. The molecule has 0 saturated carbocycles. The fourth-order valence-electron chi connectivity index (χ4n) is 3.08. The van der Waals surface area contributed by atoms with Crippen molar-refractivity contribution in [2.45, 2.75) is 51.4 Å². The lowest BCUT2D eigenvalue weighted by molar-refractivity contribution is 0.0498. The first-order valence-corrected chi connectivity index (χ1v) is 9.25. The quantitative estimate of drug-likeness (QED) is 0.864. The van der Waals surface area contributed by atoms with Gasteiger partial charge in [0.15, 0.2) is 0 Å². The number of aromatic nitrogens is 1. The third-order valence-electron chi connectivity index (χ3n) is 4.27. The van der Waals surface area contributed by atoms with Gasteiger partial charge in [-0.2, -0.15) is 0 Å². The van der Waals surface area contributed by atoms with E-state index in [9.17, 15) is 4.79 Å². The molecule has 6 nitrogen and oxygen atoms in total. The second-order valence-corrected chi connectivity index (χ2v) is 7.25. The number of hydrogen-bond donors (Lipinski definition) is 1. The highest BCUT2D eigenvalue weighted by atomic mass is 32.1. The summed E-state index contributed by atoms with van der Waals surface area (Å²) in [6.45, 7) is 5.33. The molecule has 3 rings (SSSR count). The van der Waals surface area contributed by atoms with Crippen molar-refractivity contribution in [1.29, 1.82) is 0 Å². The number of nitrogens with zero attached hydrogens (tertiary/aromatic N) is 2. The molecular weight excluding hydrogens is 314 g/mol. The average Bonchev–Trinajstić information content (AvgIpc) is 3.27. The highest BCUT2D eigenvalue weighted by Crippen LogP contribution is 2.17. The smallest absolute Gasteiger partial charge is 0.317 e. The standard InChI is InChI=1S/C16H25N3O3S/c1-12-18-13(11-23-12)8-17-16(20)19(9-14-4-2-6-21-14)10-15-5-3-7-22-15/h11,14-15H,2-10H2,1H3,(H,17,20)/t14-,15+. The Morgan fingerprint density at radius 2 is 1.96 bits per heavy atom. The number of amides is 2. The molecule has 128 valence electrons. The molecule has 1 aromatic heterocycles. The van der Waals surface area contributed by atoms with E-state index in [-0.39, 0.29) is 18.2 Å². The predicted molar refractivity (Wildman–Crippen MR) is 88.6 cm³/mol. The number of ether oxygens (including phenoxy) is 2. The molecule has 0 aromatic carbocycles. The molecule has 2 atom stereocenters. The van der Waals surface area contributed by atoms with E-state index >= 15 is 0 Å². The van der Waals surface area contributed by atoms with Crippen molar-refractivity contribution in [2.75, 3.05) is 26.3 Å². The van der Waals surface area contributed by atoms with E-state index in [0.717, 1.165) is 49.6 Å². The Morgan fingerprint density at radius 3 is 2.43 bits per heavy atom. The Kier molecular flexibility index (Phi) is 5.85. The van der Waals surface area contributed by atoms with Crippen LogP contribution >= 0.6 is 11.3 Å². The molecule has 2 aliphatic heterocycles. The minimum absolute atomic E-state index is 0.0540. The summed E-state index contributed by atoms with van der Waals surface area (Å²) in [5, 5.41) is 5.98. The topological polar surface area (TPSA) is 63.7 Å². The minimum Gasteiger partial charge on any atom is -0.376 e. The molecule has 7 heteroatoms. The van der Waals surface area contributed by atoms with Gasteiger partial charge in [-0.1, -0.05) is 0 Å². The summed E-state index contributed by atoms with van der Waals surface area (Å²) in [4.78, 5) is 18.8. The Bertz CT molecular complexity index is 492. The summed E-state index contributed by atoms with van der Waals surface area (Å²) < 4.78 is 11.4. The average molecular weight is 339 g/mol. The maximum Gasteiger partial charge on any atom is 0.317 e. The van der Waals surface area contributed by atoms with E-state index in [1.165, 1.54) is 0 Å². The molecule has 2 fully saturated rings. The first-order chi connectivity index (χ1) is 11.2. The van der Waals surface area contributed by atoms with Gasteiger partial charge in [0.1, 0.15) is 0 Å². The summed E-state index contributed by atoms with van der Waals surface area (Å²) in [5.74, 6) is 0. The summed E-state index contributed by atoms with van der Waals surface area (Å²) in [6.07, 6.45) is 4.53. The van der Waals surface area contributed by atoms with Gasteiger partial charge in [0.05, 0.1) is 29.5 Å². The molecule has 0 aliphatic carbocycles. The van der Waals surface area contributed by atoms with Crippen molar-refractivity contribution in [3.63, 3.8) is 0 Å². The van der Waals surface area contributed by atoms with Crippen LogP contribution in [-0.2, 0) is 16.0 Å². The van der Waals surface area contributed by atoms with Crippen LogP contribution in [-0.4, -0.2) is 54.4 Å². The number of nitrogens with one attached hydrogen (secondary N) is 1. The molecule has 2 saturated heterocycles. The van der Waals surface area contributed by atoms with Gasteiger partial charge in [-0.25, -0.2) is 9.78 Å².